The Labute approximate surface area is 268 Å². The van der Waals surface area contributed by atoms with Crippen LogP contribution in [0.5, 0.6) is 0 Å². The average molecular weight is 612 g/mol. The fraction of sp³-hybridized carbons (Fsp3) is 0.730. The second-order valence-corrected chi connectivity index (χ2v) is 14.0. The zero-order chi connectivity index (χ0) is 32.5. The third-order valence-corrected chi connectivity index (χ3v) is 8.06. The van der Waals surface area contributed by atoms with E-state index >= 15 is 0 Å². The lowest BCUT2D eigenvalue weighted by atomic mass is 10.0. The molecule has 0 radical (unpaired) electrons. The number of carbonyl (C=O) groups excluding carboxylic acids is 3. The molecule has 2 rings (SSSR count). The fourth-order valence-electron chi connectivity index (χ4n) is 5.69. The number of esters is 1. The van der Waals surface area contributed by atoms with E-state index in [-0.39, 0.29) is 24.3 Å². The number of fused-ring (bicyclic) bond motifs is 1. The first-order valence-corrected chi connectivity index (χ1v) is 17.4. The van der Waals surface area contributed by atoms with Gasteiger partial charge in [0.2, 0.25) is 5.91 Å². The molecule has 0 bridgehead atoms. The second kappa shape index (κ2) is 19.6. The molecule has 7 heteroatoms. The average Bonchev–Trinajstić information content (AvgIpc) is 3.04. The van der Waals surface area contributed by atoms with E-state index in [1.165, 1.54) is 81.9 Å². The lowest BCUT2D eigenvalue weighted by Gasteiger charge is -2.26. The van der Waals surface area contributed by atoms with Crippen LogP contribution in [0.4, 0.5) is 5.69 Å². The summed E-state index contributed by atoms with van der Waals surface area (Å²) in [6.07, 6.45) is 18.6. The van der Waals surface area contributed by atoms with Gasteiger partial charge in [0.15, 0.2) is 0 Å². The number of benzene rings is 1. The van der Waals surface area contributed by atoms with Gasteiger partial charge in [-0.15, -0.1) is 0 Å². The number of anilines is 1. The Balaban J connectivity index is 1.88. The summed E-state index contributed by atoms with van der Waals surface area (Å²) in [6.45, 7) is 14.2. The molecule has 0 aliphatic carbocycles. The van der Waals surface area contributed by atoms with Crippen LogP contribution >= 0.6 is 0 Å². The summed E-state index contributed by atoms with van der Waals surface area (Å²) in [5, 5.41) is 3.02. The molecule has 1 atom stereocenters. The zero-order valence-corrected chi connectivity index (χ0v) is 28.9. The van der Waals surface area contributed by atoms with Crippen LogP contribution in [-0.2, 0) is 14.3 Å². The molecular formula is C37H61N3O4. The number of carbonyl (C=O) groups is 3. The highest BCUT2D eigenvalue weighted by Crippen LogP contribution is 2.30. The molecule has 1 aromatic carbocycles. The first-order chi connectivity index (χ1) is 20.9. The molecule has 1 heterocycles. The Morgan fingerprint density at radius 3 is 1.98 bits per heavy atom. The minimum Gasteiger partial charge on any atom is -0.456 e. The van der Waals surface area contributed by atoms with Gasteiger partial charge in [-0.05, 0) is 58.6 Å². The highest BCUT2D eigenvalue weighted by atomic mass is 16.6. The van der Waals surface area contributed by atoms with Crippen LogP contribution in [0.1, 0.15) is 161 Å². The Morgan fingerprint density at radius 1 is 0.909 bits per heavy atom. The van der Waals surface area contributed by atoms with Crippen molar-refractivity contribution in [3.8, 4) is 0 Å². The molecule has 248 valence electrons. The lowest BCUT2D eigenvalue weighted by molar-refractivity contribution is -0.124. The molecule has 7 nitrogen and oxygen atoms in total. The molecule has 0 saturated heterocycles. The standard InChI is InChI=1S/C37H61N3O4/c1-8-9-10-11-12-13-14-15-16-17-18-19-20-21-24-38-34(41)27-40-33-26-30(36(43)44-37(5,6)7)22-23-31(33)29(4)39-32(35(40)42)25-28(2)3/h22-23,26,28,32H,8-21,24-25,27H2,1-7H3,(H,38,41)/t32-/m1/s1. The van der Waals surface area contributed by atoms with Crippen molar-refractivity contribution in [1.82, 2.24) is 5.32 Å². The van der Waals surface area contributed by atoms with Crippen molar-refractivity contribution >= 4 is 29.2 Å². The maximum Gasteiger partial charge on any atom is 0.338 e. The van der Waals surface area contributed by atoms with Crippen LogP contribution in [0.15, 0.2) is 23.2 Å². The molecule has 44 heavy (non-hydrogen) atoms. The van der Waals surface area contributed by atoms with Gasteiger partial charge in [-0.1, -0.05) is 110 Å². The van der Waals surface area contributed by atoms with E-state index in [0.717, 1.165) is 24.1 Å². The highest BCUT2D eigenvalue weighted by Gasteiger charge is 2.33. The maximum atomic E-state index is 13.8. The number of ether oxygens (including phenoxy) is 1. The van der Waals surface area contributed by atoms with Crippen LogP contribution < -0.4 is 10.2 Å². The van der Waals surface area contributed by atoms with Gasteiger partial charge in [0.1, 0.15) is 18.2 Å². The van der Waals surface area contributed by atoms with E-state index in [1.54, 1.807) is 18.2 Å². The fourth-order valence-corrected chi connectivity index (χ4v) is 5.69. The second-order valence-electron chi connectivity index (χ2n) is 14.0. The number of benzodiazepines with no additional fused rings is 1. The smallest absolute Gasteiger partial charge is 0.338 e. The number of rotatable bonds is 20. The van der Waals surface area contributed by atoms with E-state index in [1.807, 2.05) is 27.7 Å². The number of unbranched alkanes of at least 4 members (excludes halogenated alkanes) is 13. The SMILES string of the molecule is CCCCCCCCCCCCCCCCNC(=O)CN1C(=O)[C@@H](CC(C)C)N=C(C)c2ccc(C(=O)OC(C)(C)C)cc21. The zero-order valence-electron chi connectivity index (χ0n) is 28.9. The number of nitrogens with zero attached hydrogens (tertiary/aromatic N) is 2. The van der Waals surface area contributed by atoms with Gasteiger partial charge >= 0.3 is 5.97 Å². The normalized spacial score (nSPS) is 15.2. The van der Waals surface area contributed by atoms with Gasteiger partial charge in [-0.25, -0.2) is 4.79 Å². The van der Waals surface area contributed by atoms with Crippen molar-refractivity contribution in [1.29, 1.82) is 0 Å². The summed E-state index contributed by atoms with van der Waals surface area (Å²) in [4.78, 5) is 46.0. The van der Waals surface area contributed by atoms with E-state index in [0.29, 0.717) is 24.2 Å². The largest absolute Gasteiger partial charge is 0.456 e. The van der Waals surface area contributed by atoms with Crippen LogP contribution in [-0.4, -0.2) is 48.2 Å². The number of amides is 2. The number of hydrogen-bond donors (Lipinski definition) is 1. The first kappa shape index (κ1) is 37.5. The van der Waals surface area contributed by atoms with Crippen molar-refractivity contribution in [2.75, 3.05) is 18.0 Å². The van der Waals surface area contributed by atoms with Crippen molar-refractivity contribution < 1.29 is 19.1 Å². The molecular weight excluding hydrogens is 550 g/mol. The third-order valence-electron chi connectivity index (χ3n) is 8.06. The summed E-state index contributed by atoms with van der Waals surface area (Å²) in [5.74, 6) is -0.628. The van der Waals surface area contributed by atoms with Crippen molar-refractivity contribution in [3.05, 3.63) is 29.3 Å². The summed E-state index contributed by atoms with van der Waals surface area (Å²) in [5.41, 5.74) is 1.69. The maximum absolute atomic E-state index is 13.8. The minimum atomic E-state index is -0.647. The van der Waals surface area contributed by atoms with Crippen LogP contribution in [0.25, 0.3) is 0 Å². The minimum absolute atomic E-state index is 0.112. The van der Waals surface area contributed by atoms with Crippen molar-refractivity contribution in [2.45, 2.75) is 156 Å². The Hall–Kier alpha value is -2.70. The third kappa shape index (κ3) is 13.9. The Morgan fingerprint density at radius 2 is 1.45 bits per heavy atom. The summed E-state index contributed by atoms with van der Waals surface area (Å²) < 4.78 is 5.58. The molecule has 1 aromatic rings. The predicted octanol–water partition coefficient (Wildman–Crippen LogP) is 8.81. The number of hydrogen-bond acceptors (Lipinski definition) is 5. The van der Waals surface area contributed by atoms with Gasteiger partial charge in [0.05, 0.1) is 11.3 Å². The number of nitrogens with one attached hydrogen (secondary N) is 1. The molecule has 0 unspecified atom stereocenters. The quantitative estimate of drug-likeness (QED) is 0.118. The Bertz CT molecular complexity index is 1070. The van der Waals surface area contributed by atoms with E-state index < -0.39 is 17.6 Å². The summed E-state index contributed by atoms with van der Waals surface area (Å²) in [6, 6.07) is 4.59. The van der Waals surface area contributed by atoms with Gasteiger partial charge in [-0.2, -0.15) is 0 Å². The molecule has 1 N–H and O–H groups in total. The van der Waals surface area contributed by atoms with Gasteiger partial charge in [0.25, 0.3) is 5.91 Å². The van der Waals surface area contributed by atoms with Crippen molar-refractivity contribution in [2.24, 2.45) is 10.9 Å². The highest BCUT2D eigenvalue weighted by molar-refractivity contribution is 6.14. The van der Waals surface area contributed by atoms with E-state index in [4.69, 9.17) is 9.73 Å². The lowest BCUT2D eigenvalue weighted by Crippen LogP contribution is -2.45. The molecule has 0 fully saturated rings. The molecule has 0 aromatic heterocycles. The van der Waals surface area contributed by atoms with E-state index in [9.17, 15) is 14.4 Å². The molecule has 2 amide bonds. The predicted molar refractivity (Wildman–Crippen MR) is 183 cm³/mol. The summed E-state index contributed by atoms with van der Waals surface area (Å²) in [7, 11) is 0. The molecule has 1 aliphatic heterocycles. The molecule has 1 aliphatic rings. The van der Waals surface area contributed by atoms with Crippen molar-refractivity contribution in [3.63, 3.8) is 0 Å². The van der Waals surface area contributed by atoms with Crippen LogP contribution in [0.3, 0.4) is 0 Å². The summed E-state index contributed by atoms with van der Waals surface area (Å²) >= 11 is 0. The van der Waals surface area contributed by atoms with Crippen LogP contribution in [0, 0.1) is 5.92 Å². The molecule has 0 spiro atoms. The monoisotopic (exact) mass is 611 g/mol. The Kier molecular flexibility index (Phi) is 16.7. The first-order valence-electron chi connectivity index (χ1n) is 17.4. The van der Waals surface area contributed by atoms with Gasteiger partial charge < -0.3 is 15.0 Å². The van der Waals surface area contributed by atoms with Crippen LogP contribution in [0.2, 0.25) is 0 Å². The number of aliphatic imine (C=N–C) groups is 1. The topological polar surface area (TPSA) is 88.1 Å². The van der Waals surface area contributed by atoms with E-state index in [2.05, 4.69) is 26.1 Å². The van der Waals surface area contributed by atoms with Gasteiger partial charge in [0, 0.05) is 17.8 Å². The molecule has 0 saturated carbocycles. The van der Waals surface area contributed by atoms with Gasteiger partial charge in [-0.3, -0.25) is 14.6 Å².